The number of nitrogens with zero attached hydrogens (tertiary/aromatic N) is 1. The summed E-state index contributed by atoms with van der Waals surface area (Å²) in [6.45, 7) is 4.67. The van der Waals surface area contributed by atoms with Gasteiger partial charge in [0.25, 0.3) is 15.9 Å². The van der Waals surface area contributed by atoms with Gasteiger partial charge < -0.3 is 4.90 Å². The molecule has 1 amide bonds. The average molecular weight is 376 g/mol. The number of halogens is 1. The predicted octanol–water partition coefficient (Wildman–Crippen LogP) is 3.48. The first kappa shape index (κ1) is 18.4. The van der Waals surface area contributed by atoms with E-state index in [-0.39, 0.29) is 16.5 Å². The highest BCUT2D eigenvalue weighted by molar-refractivity contribution is 7.92. The summed E-state index contributed by atoms with van der Waals surface area (Å²) < 4.78 is 41.7. The van der Waals surface area contributed by atoms with Crippen molar-refractivity contribution in [3.63, 3.8) is 0 Å². The molecule has 2 aromatic rings. The van der Waals surface area contributed by atoms with Crippen molar-refractivity contribution in [1.29, 1.82) is 0 Å². The number of hydrogen-bond donors (Lipinski definition) is 1. The van der Waals surface area contributed by atoms with Crippen LogP contribution in [0, 0.1) is 19.7 Å². The molecule has 0 unspecified atom stereocenters. The molecule has 0 aromatic heterocycles. The predicted molar refractivity (Wildman–Crippen MR) is 98.3 cm³/mol. The maximum absolute atomic E-state index is 13.6. The largest absolute Gasteiger partial charge is 0.339 e. The Hall–Kier alpha value is -2.41. The number of nitrogens with one attached hydrogen (secondary N) is 1. The van der Waals surface area contributed by atoms with Gasteiger partial charge in [0.05, 0.1) is 16.1 Å². The summed E-state index contributed by atoms with van der Waals surface area (Å²) in [7, 11) is -4.03. The second kappa shape index (κ2) is 7.07. The van der Waals surface area contributed by atoms with Gasteiger partial charge in [-0.25, -0.2) is 12.8 Å². The van der Waals surface area contributed by atoms with Crippen LogP contribution in [-0.4, -0.2) is 32.3 Å². The van der Waals surface area contributed by atoms with Gasteiger partial charge in [0.15, 0.2) is 0 Å². The number of carbonyl (C=O) groups is 1. The van der Waals surface area contributed by atoms with Gasteiger partial charge in [-0.3, -0.25) is 9.52 Å². The minimum Gasteiger partial charge on any atom is -0.339 e. The lowest BCUT2D eigenvalue weighted by atomic mass is 10.1. The molecule has 26 heavy (non-hydrogen) atoms. The number of aryl methyl sites for hydroxylation is 2. The van der Waals surface area contributed by atoms with E-state index >= 15 is 0 Å². The summed E-state index contributed by atoms with van der Waals surface area (Å²) >= 11 is 0. The third-order valence-electron chi connectivity index (χ3n) is 4.57. The van der Waals surface area contributed by atoms with Gasteiger partial charge in [0.1, 0.15) is 5.82 Å². The van der Waals surface area contributed by atoms with Crippen LogP contribution in [0.1, 0.15) is 34.3 Å². The summed E-state index contributed by atoms with van der Waals surface area (Å²) in [5.74, 6) is -0.825. The van der Waals surface area contributed by atoms with Crippen LogP contribution in [0.4, 0.5) is 10.1 Å². The van der Waals surface area contributed by atoms with Gasteiger partial charge >= 0.3 is 0 Å². The van der Waals surface area contributed by atoms with E-state index in [9.17, 15) is 17.6 Å². The monoisotopic (exact) mass is 376 g/mol. The van der Waals surface area contributed by atoms with Crippen molar-refractivity contribution in [3.05, 3.63) is 58.9 Å². The minimum atomic E-state index is -4.03. The third kappa shape index (κ3) is 3.58. The Kier molecular flexibility index (Phi) is 5.00. The first-order chi connectivity index (χ1) is 12.3. The topological polar surface area (TPSA) is 66.5 Å². The molecule has 0 saturated carbocycles. The Bertz CT molecular complexity index is 951. The highest BCUT2D eigenvalue weighted by atomic mass is 32.2. The number of amides is 1. The molecular weight excluding hydrogens is 355 g/mol. The van der Waals surface area contributed by atoms with Crippen LogP contribution in [0.5, 0.6) is 0 Å². The number of likely N-dealkylation sites (tertiary alicyclic amines) is 1. The van der Waals surface area contributed by atoms with E-state index in [1.165, 1.54) is 12.1 Å². The molecular formula is C19H21FN2O3S. The smallest absolute Gasteiger partial charge is 0.262 e. The Morgan fingerprint density at radius 1 is 1.08 bits per heavy atom. The van der Waals surface area contributed by atoms with E-state index in [4.69, 9.17) is 0 Å². The molecule has 1 heterocycles. The molecule has 2 aromatic carbocycles. The molecule has 3 rings (SSSR count). The van der Waals surface area contributed by atoms with Gasteiger partial charge in [-0.15, -0.1) is 0 Å². The molecule has 5 nitrogen and oxygen atoms in total. The fraction of sp³-hybridized carbons (Fsp3) is 0.316. The molecule has 0 bridgehead atoms. The van der Waals surface area contributed by atoms with Crippen molar-refractivity contribution in [1.82, 2.24) is 4.90 Å². The van der Waals surface area contributed by atoms with Crippen LogP contribution in [0.25, 0.3) is 0 Å². The van der Waals surface area contributed by atoms with Crippen LogP contribution >= 0.6 is 0 Å². The average Bonchev–Trinajstić information content (AvgIpc) is 3.12. The molecule has 1 aliphatic heterocycles. The lowest BCUT2D eigenvalue weighted by Crippen LogP contribution is -2.29. The Morgan fingerprint density at radius 3 is 2.46 bits per heavy atom. The lowest BCUT2D eigenvalue weighted by molar-refractivity contribution is 0.0794. The van der Waals surface area contributed by atoms with E-state index < -0.39 is 15.8 Å². The number of sulfonamides is 1. The zero-order valence-electron chi connectivity index (χ0n) is 14.8. The fourth-order valence-corrected chi connectivity index (χ4v) is 4.53. The molecule has 0 aliphatic carbocycles. The van der Waals surface area contributed by atoms with Crippen LogP contribution < -0.4 is 4.72 Å². The quantitative estimate of drug-likeness (QED) is 0.888. The number of hydrogen-bond acceptors (Lipinski definition) is 3. The normalized spacial score (nSPS) is 14.5. The SMILES string of the molecule is Cc1ccc(F)cc1S(=O)(=O)Nc1c(C)cccc1C(=O)N1CCCC1. The Morgan fingerprint density at radius 2 is 1.77 bits per heavy atom. The fourth-order valence-electron chi connectivity index (χ4n) is 3.12. The van der Waals surface area contributed by atoms with Gasteiger partial charge in [-0.05, 0) is 56.0 Å². The van der Waals surface area contributed by atoms with Gasteiger partial charge in [-0.2, -0.15) is 0 Å². The molecule has 1 fully saturated rings. The number of para-hydroxylation sites is 1. The number of anilines is 1. The van der Waals surface area contributed by atoms with Crippen LogP contribution in [0.15, 0.2) is 41.3 Å². The zero-order chi connectivity index (χ0) is 18.9. The lowest BCUT2D eigenvalue weighted by Gasteiger charge is -2.20. The van der Waals surface area contributed by atoms with Crippen molar-refractivity contribution in [2.45, 2.75) is 31.6 Å². The molecule has 0 spiro atoms. The summed E-state index contributed by atoms with van der Waals surface area (Å²) in [4.78, 5) is 14.4. The van der Waals surface area contributed by atoms with Crippen LogP contribution in [0.3, 0.4) is 0 Å². The van der Waals surface area contributed by atoms with Crippen molar-refractivity contribution < 1.29 is 17.6 Å². The van der Waals surface area contributed by atoms with Crippen LogP contribution in [0.2, 0.25) is 0 Å². The van der Waals surface area contributed by atoms with Gasteiger partial charge in [0, 0.05) is 13.1 Å². The molecule has 1 N–H and O–H groups in total. The number of carbonyl (C=O) groups excluding carboxylic acids is 1. The van der Waals surface area contributed by atoms with Crippen molar-refractivity contribution in [2.75, 3.05) is 17.8 Å². The number of benzene rings is 2. The van der Waals surface area contributed by atoms with E-state index in [0.29, 0.717) is 29.8 Å². The highest BCUT2D eigenvalue weighted by Crippen LogP contribution is 2.27. The van der Waals surface area contributed by atoms with E-state index in [1.807, 2.05) is 0 Å². The second-order valence-corrected chi connectivity index (χ2v) is 8.16. The summed E-state index contributed by atoms with van der Waals surface area (Å²) in [5.41, 5.74) is 1.62. The van der Waals surface area contributed by atoms with Crippen molar-refractivity contribution >= 4 is 21.6 Å². The first-order valence-electron chi connectivity index (χ1n) is 8.47. The molecule has 7 heteroatoms. The summed E-state index contributed by atoms with van der Waals surface area (Å²) in [6, 6.07) is 8.69. The van der Waals surface area contributed by atoms with Gasteiger partial charge in [-0.1, -0.05) is 18.2 Å². The highest BCUT2D eigenvalue weighted by Gasteiger charge is 2.26. The Balaban J connectivity index is 2.01. The first-order valence-corrected chi connectivity index (χ1v) is 9.96. The molecule has 0 atom stereocenters. The molecule has 0 radical (unpaired) electrons. The second-order valence-electron chi connectivity index (χ2n) is 6.51. The van der Waals surface area contributed by atoms with E-state index in [2.05, 4.69) is 4.72 Å². The number of rotatable bonds is 4. The maximum Gasteiger partial charge on any atom is 0.262 e. The van der Waals surface area contributed by atoms with Gasteiger partial charge in [0.2, 0.25) is 0 Å². The minimum absolute atomic E-state index is 0.139. The van der Waals surface area contributed by atoms with Crippen molar-refractivity contribution in [3.8, 4) is 0 Å². The maximum atomic E-state index is 13.6. The van der Waals surface area contributed by atoms with Crippen molar-refractivity contribution in [2.24, 2.45) is 0 Å². The zero-order valence-corrected chi connectivity index (χ0v) is 15.6. The molecule has 138 valence electrons. The van der Waals surface area contributed by atoms with E-state index in [1.54, 1.807) is 36.9 Å². The summed E-state index contributed by atoms with van der Waals surface area (Å²) in [5, 5.41) is 0. The van der Waals surface area contributed by atoms with E-state index in [0.717, 1.165) is 18.9 Å². The summed E-state index contributed by atoms with van der Waals surface area (Å²) in [6.07, 6.45) is 1.89. The molecule has 1 saturated heterocycles. The molecule has 1 aliphatic rings. The standard InChI is InChI=1S/C19H21FN2O3S/c1-13-8-9-15(20)12-17(13)26(24,25)21-18-14(2)6-5-7-16(18)19(23)22-10-3-4-11-22/h5-9,12,21H,3-4,10-11H2,1-2H3. The third-order valence-corrected chi connectivity index (χ3v) is 6.06. The van der Waals surface area contributed by atoms with Crippen LogP contribution in [-0.2, 0) is 10.0 Å². The Labute approximate surface area is 152 Å².